The molecule has 0 saturated heterocycles. The third kappa shape index (κ3) is 3.00. The second-order valence-corrected chi connectivity index (χ2v) is 4.92. The first kappa shape index (κ1) is 14.9. The molecule has 0 aliphatic carbocycles. The fraction of sp³-hybridized carbons (Fsp3) is 0.538. The molecule has 18 heavy (non-hydrogen) atoms. The van der Waals surface area contributed by atoms with E-state index in [1.54, 1.807) is 12.1 Å². The molecule has 100 valence electrons. The maximum atomic E-state index is 10.8. The number of hydrogen-bond acceptors (Lipinski definition) is 3. The summed E-state index contributed by atoms with van der Waals surface area (Å²) in [5.74, 6) is 0.299. The topological polar surface area (TPSA) is 55.2 Å². The van der Waals surface area contributed by atoms with Crippen LogP contribution < -0.4 is 5.32 Å². The Morgan fingerprint density at radius 2 is 2.11 bits per heavy atom. The smallest absolute Gasteiger partial charge is 0.288 e. The number of nitro benzene ring substituents is 1. The Bertz CT molecular complexity index is 449. The van der Waals surface area contributed by atoms with Crippen molar-refractivity contribution in [3.8, 4) is 0 Å². The number of halogens is 1. The number of hydrogen-bond donors (Lipinski definition) is 1. The number of likely N-dealkylation sites (N-methyl/N-ethyl adjacent to an activating group) is 1. The van der Waals surface area contributed by atoms with Crippen molar-refractivity contribution in [2.45, 2.75) is 39.2 Å². The summed E-state index contributed by atoms with van der Waals surface area (Å²) in [6.07, 6.45) is 0.955. The summed E-state index contributed by atoms with van der Waals surface area (Å²) in [6, 6.07) is 3.59. The first-order valence-corrected chi connectivity index (χ1v) is 6.41. The van der Waals surface area contributed by atoms with Gasteiger partial charge < -0.3 is 5.32 Å². The van der Waals surface area contributed by atoms with Crippen LogP contribution in [0.5, 0.6) is 0 Å². The first-order chi connectivity index (χ1) is 8.42. The molecule has 0 aliphatic heterocycles. The van der Waals surface area contributed by atoms with E-state index in [9.17, 15) is 10.1 Å². The average molecular weight is 271 g/mol. The fourth-order valence-corrected chi connectivity index (χ4v) is 2.51. The highest BCUT2D eigenvalue weighted by Gasteiger charge is 2.22. The van der Waals surface area contributed by atoms with Crippen molar-refractivity contribution in [2.24, 2.45) is 0 Å². The lowest BCUT2D eigenvalue weighted by molar-refractivity contribution is -0.384. The first-order valence-electron chi connectivity index (χ1n) is 6.04. The highest BCUT2D eigenvalue weighted by atomic mass is 35.5. The van der Waals surface area contributed by atoms with Gasteiger partial charge in [0.2, 0.25) is 0 Å². The number of nitro groups is 1. The van der Waals surface area contributed by atoms with Gasteiger partial charge in [-0.1, -0.05) is 18.5 Å². The molecule has 0 radical (unpaired) electrons. The Labute approximate surface area is 112 Å². The van der Waals surface area contributed by atoms with Gasteiger partial charge in [0.25, 0.3) is 5.69 Å². The quantitative estimate of drug-likeness (QED) is 0.656. The zero-order valence-electron chi connectivity index (χ0n) is 11.2. The van der Waals surface area contributed by atoms with E-state index in [0.717, 1.165) is 17.5 Å². The maximum Gasteiger partial charge on any atom is 0.288 e. The molecule has 0 spiro atoms. The lowest BCUT2D eigenvalue weighted by Gasteiger charge is -2.24. The van der Waals surface area contributed by atoms with Gasteiger partial charge in [0.1, 0.15) is 5.02 Å². The molecule has 2 unspecified atom stereocenters. The fourth-order valence-electron chi connectivity index (χ4n) is 2.27. The lowest BCUT2D eigenvalue weighted by Crippen LogP contribution is -2.29. The van der Waals surface area contributed by atoms with E-state index in [0.29, 0.717) is 12.0 Å². The van der Waals surface area contributed by atoms with Gasteiger partial charge in [-0.15, -0.1) is 0 Å². The van der Waals surface area contributed by atoms with Gasteiger partial charge in [-0.25, -0.2) is 0 Å². The van der Waals surface area contributed by atoms with Crippen LogP contribution in [-0.4, -0.2) is 18.0 Å². The molecule has 1 rings (SSSR count). The Balaban J connectivity index is 3.25. The Hall–Kier alpha value is -1.13. The monoisotopic (exact) mass is 270 g/mol. The molecule has 0 amide bonds. The number of benzene rings is 1. The Morgan fingerprint density at radius 1 is 1.50 bits per heavy atom. The van der Waals surface area contributed by atoms with E-state index >= 15 is 0 Å². The third-order valence-corrected chi connectivity index (χ3v) is 3.73. The van der Waals surface area contributed by atoms with Crippen molar-refractivity contribution in [1.82, 2.24) is 5.32 Å². The van der Waals surface area contributed by atoms with E-state index in [4.69, 9.17) is 11.6 Å². The molecule has 0 fully saturated rings. The minimum Gasteiger partial charge on any atom is -0.317 e. The number of nitrogens with zero attached hydrogens (tertiary/aromatic N) is 1. The van der Waals surface area contributed by atoms with Crippen LogP contribution in [0.4, 0.5) is 5.69 Å². The summed E-state index contributed by atoms with van der Waals surface area (Å²) in [5, 5.41) is 14.3. The largest absolute Gasteiger partial charge is 0.317 e. The van der Waals surface area contributed by atoms with Gasteiger partial charge in [-0.3, -0.25) is 10.1 Å². The Morgan fingerprint density at radius 3 is 2.56 bits per heavy atom. The molecule has 1 aromatic rings. The summed E-state index contributed by atoms with van der Waals surface area (Å²) in [4.78, 5) is 10.4. The summed E-state index contributed by atoms with van der Waals surface area (Å²) in [5.41, 5.74) is 1.97. The number of nitrogens with one attached hydrogen (secondary N) is 1. The van der Waals surface area contributed by atoms with Crippen LogP contribution in [0.3, 0.4) is 0 Å². The lowest BCUT2D eigenvalue weighted by atomic mass is 9.87. The van der Waals surface area contributed by atoms with Crippen LogP contribution in [0, 0.1) is 17.0 Å². The standard InChI is InChI=1S/C13H19ClN2O2/c1-5-10(9(3)15-4)11-7-12(14)13(16(17)18)6-8(11)2/h6-7,9-10,15H,5H2,1-4H3. The van der Waals surface area contributed by atoms with Crippen LogP contribution in [0.2, 0.25) is 5.02 Å². The predicted molar refractivity (Wildman–Crippen MR) is 74.4 cm³/mol. The van der Waals surface area contributed by atoms with E-state index in [1.807, 2.05) is 14.0 Å². The van der Waals surface area contributed by atoms with Gasteiger partial charge >= 0.3 is 0 Å². The Kier molecular flexibility index (Phi) is 5.11. The van der Waals surface area contributed by atoms with Crippen molar-refractivity contribution >= 4 is 17.3 Å². The second-order valence-electron chi connectivity index (χ2n) is 4.51. The minimum atomic E-state index is -0.443. The summed E-state index contributed by atoms with van der Waals surface area (Å²) in [6.45, 7) is 6.10. The van der Waals surface area contributed by atoms with Crippen molar-refractivity contribution in [3.05, 3.63) is 38.4 Å². The molecule has 0 bridgehead atoms. The molecule has 4 nitrogen and oxygen atoms in total. The van der Waals surface area contributed by atoms with Crippen LogP contribution in [0.15, 0.2) is 12.1 Å². The van der Waals surface area contributed by atoms with Crippen molar-refractivity contribution in [3.63, 3.8) is 0 Å². The van der Waals surface area contributed by atoms with E-state index in [-0.39, 0.29) is 10.7 Å². The summed E-state index contributed by atoms with van der Waals surface area (Å²) >= 11 is 5.98. The van der Waals surface area contributed by atoms with Gasteiger partial charge in [0.15, 0.2) is 0 Å². The molecule has 0 aliphatic rings. The normalized spacial score (nSPS) is 14.3. The van der Waals surface area contributed by atoms with Crippen molar-refractivity contribution in [1.29, 1.82) is 0 Å². The number of aryl methyl sites for hydroxylation is 1. The molecular formula is C13H19ClN2O2. The molecule has 2 atom stereocenters. The second kappa shape index (κ2) is 6.16. The van der Waals surface area contributed by atoms with Gasteiger partial charge in [-0.2, -0.15) is 0 Å². The molecule has 0 heterocycles. The molecule has 1 N–H and O–H groups in total. The zero-order valence-corrected chi connectivity index (χ0v) is 11.9. The SMILES string of the molecule is CCC(c1cc(Cl)c([N+](=O)[O-])cc1C)C(C)NC. The molecule has 0 saturated carbocycles. The van der Waals surface area contributed by atoms with Crippen LogP contribution >= 0.6 is 11.6 Å². The van der Waals surface area contributed by atoms with Gasteiger partial charge in [0.05, 0.1) is 4.92 Å². The highest BCUT2D eigenvalue weighted by molar-refractivity contribution is 6.32. The zero-order chi connectivity index (χ0) is 13.9. The van der Waals surface area contributed by atoms with Crippen LogP contribution in [0.1, 0.15) is 37.3 Å². The minimum absolute atomic E-state index is 0.0233. The van der Waals surface area contributed by atoms with Crippen molar-refractivity contribution < 1.29 is 4.92 Å². The summed E-state index contributed by atoms with van der Waals surface area (Å²) < 4.78 is 0. The average Bonchev–Trinajstić information content (AvgIpc) is 2.33. The molecular weight excluding hydrogens is 252 g/mol. The molecule has 1 aromatic carbocycles. The molecule has 0 aromatic heterocycles. The summed E-state index contributed by atoms with van der Waals surface area (Å²) in [7, 11) is 1.91. The van der Waals surface area contributed by atoms with Crippen LogP contribution in [0.25, 0.3) is 0 Å². The van der Waals surface area contributed by atoms with Crippen molar-refractivity contribution in [2.75, 3.05) is 7.05 Å². The maximum absolute atomic E-state index is 10.8. The highest BCUT2D eigenvalue weighted by Crippen LogP contribution is 2.34. The van der Waals surface area contributed by atoms with Gasteiger partial charge in [0, 0.05) is 12.1 Å². The van der Waals surface area contributed by atoms with E-state index in [1.165, 1.54) is 0 Å². The number of rotatable bonds is 5. The third-order valence-electron chi connectivity index (χ3n) is 3.43. The van der Waals surface area contributed by atoms with E-state index < -0.39 is 4.92 Å². The molecule has 5 heteroatoms. The predicted octanol–water partition coefficient (Wildman–Crippen LogP) is 3.66. The van der Waals surface area contributed by atoms with E-state index in [2.05, 4.69) is 19.2 Å². The van der Waals surface area contributed by atoms with Crippen LogP contribution in [-0.2, 0) is 0 Å². The van der Waals surface area contributed by atoms with Gasteiger partial charge in [-0.05, 0) is 50.4 Å².